The van der Waals surface area contributed by atoms with Crippen LogP contribution in [0.4, 0.5) is 13.2 Å². The molecule has 0 aliphatic heterocycles. The Morgan fingerprint density at radius 3 is 2.45 bits per heavy atom. The summed E-state index contributed by atoms with van der Waals surface area (Å²) in [4.78, 5) is 0. The summed E-state index contributed by atoms with van der Waals surface area (Å²) in [7, 11) is -0.275. The van der Waals surface area contributed by atoms with Gasteiger partial charge >= 0.3 is 13.3 Å². The minimum atomic E-state index is -4.45. The molecule has 1 aliphatic carbocycles. The quantitative estimate of drug-likeness (QED) is 0.840. The number of benzene rings is 1. The van der Waals surface area contributed by atoms with E-state index in [0.29, 0.717) is 36.1 Å². The van der Waals surface area contributed by atoms with Gasteiger partial charge in [-0.25, -0.2) is 0 Å². The number of ether oxygens (including phenoxy) is 1. The lowest BCUT2D eigenvalue weighted by atomic mass is 9.75. The summed E-state index contributed by atoms with van der Waals surface area (Å²) in [6.45, 7) is 0. The second-order valence-corrected chi connectivity index (χ2v) is 4.64. The van der Waals surface area contributed by atoms with Gasteiger partial charge in [-0.1, -0.05) is 0 Å². The predicted molar refractivity (Wildman–Crippen MR) is 69.0 cm³/mol. The lowest BCUT2D eigenvalue weighted by molar-refractivity contribution is -0.137. The fraction of sp³-hybridized carbons (Fsp3) is 0.385. The molecule has 0 atom stereocenters. The minimum absolute atomic E-state index is 0.280. The van der Waals surface area contributed by atoms with Crippen LogP contribution in [0.1, 0.15) is 30.4 Å². The van der Waals surface area contributed by atoms with E-state index in [-0.39, 0.29) is 5.56 Å². The molecular weight excluding hydrogens is 272 g/mol. The first-order chi connectivity index (χ1) is 9.34. The topological polar surface area (TPSA) is 49.7 Å². The normalized spacial score (nSPS) is 15.7. The first kappa shape index (κ1) is 14.9. The maximum atomic E-state index is 12.8. The van der Waals surface area contributed by atoms with Crippen molar-refractivity contribution in [1.82, 2.24) is 0 Å². The van der Waals surface area contributed by atoms with Gasteiger partial charge in [0.2, 0.25) is 0 Å². The van der Waals surface area contributed by atoms with Crippen molar-refractivity contribution in [2.24, 2.45) is 0 Å². The standard InChI is InChI=1S/C13H14BF3O3/c1-20-12-6-5-8(13(15,16)17)7-10(12)9-3-2-4-11(9)14(18)19/h5-7,18-19H,2-4H2,1H3. The monoisotopic (exact) mass is 286 g/mol. The van der Waals surface area contributed by atoms with Crippen molar-refractivity contribution in [2.45, 2.75) is 25.4 Å². The van der Waals surface area contributed by atoms with Crippen LogP contribution in [0.15, 0.2) is 23.7 Å². The van der Waals surface area contributed by atoms with Crippen LogP contribution >= 0.6 is 0 Å². The van der Waals surface area contributed by atoms with E-state index in [4.69, 9.17) is 4.74 Å². The zero-order valence-electron chi connectivity index (χ0n) is 10.9. The summed E-state index contributed by atoms with van der Waals surface area (Å²) in [5.74, 6) is 0.299. The van der Waals surface area contributed by atoms with Crippen LogP contribution in [-0.2, 0) is 6.18 Å². The van der Waals surface area contributed by atoms with Crippen molar-refractivity contribution in [3.8, 4) is 5.75 Å². The molecule has 1 aromatic carbocycles. The van der Waals surface area contributed by atoms with Crippen molar-refractivity contribution < 1.29 is 28.0 Å². The SMILES string of the molecule is COc1ccc(C(F)(F)F)cc1C1=C(B(O)O)CCC1. The van der Waals surface area contributed by atoms with Crippen LogP contribution < -0.4 is 4.74 Å². The third kappa shape index (κ3) is 2.83. The van der Waals surface area contributed by atoms with E-state index >= 15 is 0 Å². The van der Waals surface area contributed by atoms with Crippen LogP contribution in [0.25, 0.3) is 5.57 Å². The number of hydrogen-bond acceptors (Lipinski definition) is 3. The lowest BCUT2D eigenvalue weighted by Gasteiger charge is -2.15. The Hall–Kier alpha value is -1.47. The predicted octanol–water partition coefficient (Wildman–Crippen LogP) is 2.66. The summed E-state index contributed by atoms with van der Waals surface area (Å²) < 4.78 is 43.5. The first-order valence-electron chi connectivity index (χ1n) is 6.18. The van der Waals surface area contributed by atoms with Gasteiger partial charge in [-0.2, -0.15) is 13.2 Å². The summed E-state index contributed by atoms with van der Waals surface area (Å²) in [5.41, 5.74) is 0.396. The summed E-state index contributed by atoms with van der Waals surface area (Å²) >= 11 is 0. The van der Waals surface area contributed by atoms with Crippen molar-refractivity contribution in [2.75, 3.05) is 7.11 Å². The molecule has 2 N–H and O–H groups in total. The van der Waals surface area contributed by atoms with Crippen molar-refractivity contribution in [3.63, 3.8) is 0 Å². The molecule has 20 heavy (non-hydrogen) atoms. The third-order valence-corrected chi connectivity index (χ3v) is 3.42. The molecule has 0 fully saturated rings. The molecule has 0 saturated heterocycles. The summed E-state index contributed by atoms with van der Waals surface area (Å²) in [6, 6.07) is 3.21. The number of alkyl halides is 3. The highest BCUT2D eigenvalue weighted by molar-refractivity contribution is 6.52. The molecule has 3 nitrogen and oxygen atoms in total. The molecule has 0 amide bonds. The largest absolute Gasteiger partial charge is 0.496 e. The van der Waals surface area contributed by atoms with Crippen LogP contribution in [0.2, 0.25) is 0 Å². The minimum Gasteiger partial charge on any atom is -0.496 e. The van der Waals surface area contributed by atoms with Crippen molar-refractivity contribution in [1.29, 1.82) is 0 Å². The second-order valence-electron chi connectivity index (χ2n) is 4.64. The molecule has 1 aliphatic rings. The molecule has 0 heterocycles. The maximum Gasteiger partial charge on any atom is 0.484 e. The van der Waals surface area contributed by atoms with E-state index in [1.165, 1.54) is 13.2 Å². The van der Waals surface area contributed by atoms with Crippen LogP contribution in [0.5, 0.6) is 5.75 Å². The van der Waals surface area contributed by atoms with Gasteiger partial charge in [0.25, 0.3) is 0 Å². The zero-order valence-corrected chi connectivity index (χ0v) is 10.9. The highest BCUT2D eigenvalue weighted by Crippen LogP contribution is 2.41. The molecular formula is C13H14BF3O3. The fourth-order valence-corrected chi connectivity index (χ4v) is 2.48. The Morgan fingerprint density at radius 1 is 1.20 bits per heavy atom. The van der Waals surface area contributed by atoms with Crippen LogP contribution in [0.3, 0.4) is 0 Å². The Balaban J connectivity index is 2.57. The highest BCUT2D eigenvalue weighted by atomic mass is 19.4. The van der Waals surface area contributed by atoms with Gasteiger partial charge in [-0.15, -0.1) is 0 Å². The average Bonchev–Trinajstić information content (AvgIpc) is 2.86. The lowest BCUT2D eigenvalue weighted by Crippen LogP contribution is -2.15. The van der Waals surface area contributed by atoms with Gasteiger partial charge < -0.3 is 14.8 Å². The fourth-order valence-electron chi connectivity index (χ4n) is 2.48. The third-order valence-electron chi connectivity index (χ3n) is 3.42. The van der Waals surface area contributed by atoms with Crippen molar-refractivity contribution >= 4 is 12.7 Å². The Labute approximate surface area is 114 Å². The van der Waals surface area contributed by atoms with E-state index in [1.54, 1.807) is 0 Å². The van der Waals surface area contributed by atoms with Gasteiger partial charge in [-0.05, 0) is 48.5 Å². The van der Waals surface area contributed by atoms with E-state index < -0.39 is 18.9 Å². The van der Waals surface area contributed by atoms with Gasteiger partial charge in [0, 0.05) is 5.56 Å². The summed E-state index contributed by atoms with van der Waals surface area (Å²) in [6.07, 6.45) is -2.79. The molecule has 0 saturated carbocycles. The van der Waals surface area contributed by atoms with E-state index in [9.17, 15) is 23.2 Å². The second kappa shape index (κ2) is 5.50. The van der Waals surface area contributed by atoms with Gasteiger partial charge in [0.05, 0.1) is 12.7 Å². The molecule has 1 aromatic rings. The Morgan fingerprint density at radius 2 is 1.90 bits per heavy atom. The first-order valence-corrected chi connectivity index (χ1v) is 6.18. The number of rotatable bonds is 3. The number of methoxy groups -OCH3 is 1. The highest BCUT2D eigenvalue weighted by Gasteiger charge is 2.33. The zero-order chi connectivity index (χ0) is 14.9. The van der Waals surface area contributed by atoms with Gasteiger partial charge in [0.1, 0.15) is 5.75 Å². The molecule has 108 valence electrons. The maximum absolute atomic E-state index is 12.8. The van der Waals surface area contributed by atoms with Crippen LogP contribution in [0, 0.1) is 0 Å². The van der Waals surface area contributed by atoms with E-state index in [2.05, 4.69) is 0 Å². The number of halogens is 3. The average molecular weight is 286 g/mol. The Kier molecular flexibility index (Phi) is 4.10. The summed E-state index contributed by atoms with van der Waals surface area (Å²) in [5, 5.41) is 18.6. The molecule has 0 unspecified atom stereocenters. The van der Waals surface area contributed by atoms with Gasteiger partial charge in [0.15, 0.2) is 0 Å². The van der Waals surface area contributed by atoms with Gasteiger partial charge in [-0.3, -0.25) is 0 Å². The number of allylic oxidation sites excluding steroid dienone is 2. The van der Waals surface area contributed by atoms with Crippen LogP contribution in [-0.4, -0.2) is 24.3 Å². The van der Waals surface area contributed by atoms with E-state index in [0.717, 1.165) is 12.1 Å². The molecule has 0 radical (unpaired) electrons. The molecule has 7 heteroatoms. The smallest absolute Gasteiger partial charge is 0.484 e. The van der Waals surface area contributed by atoms with Crippen molar-refractivity contribution in [3.05, 3.63) is 34.8 Å². The molecule has 2 rings (SSSR count). The molecule has 0 bridgehead atoms. The molecule has 0 aromatic heterocycles. The molecule has 0 spiro atoms. The van der Waals surface area contributed by atoms with E-state index in [1.807, 2.05) is 0 Å². The number of hydrogen-bond donors (Lipinski definition) is 2. The Bertz CT molecular complexity index is 538.